The van der Waals surface area contributed by atoms with E-state index in [1.165, 1.54) is 50.2 Å². The first-order chi connectivity index (χ1) is 7.84. The van der Waals surface area contributed by atoms with E-state index in [0.717, 1.165) is 18.8 Å². The van der Waals surface area contributed by atoms with Crippen molar-refractivity contribution < 1.29 is 0 Å². The van der Waals surface area contributed by atoms with Gasteiger partial charge in [0.05, 0.1) is 0 Å². The Labute approximate surface area is 99.7 Å². The Morgan fingerprint density at radius 2 is 2.25 bits per heavy atom. The smallest absolute Gasteiger partial charge is 0.304 e. The van der Waals surface area contributed by atoms with Gasteiger partial charge in [0.25, 0.3) is 0 Å². The van der Waals surface area contributed by atoms with Crippen LogP contribution < -0.4 is 10.2 Å². The topological polar surface area (TPSA) is 48.1 Å². The quantitative estimate of drug-likeness (QED) is 0.731. The minimum atomic E-state index is 0.0360. The van der Waals surface area contributed by atoms with Crippen molar-refractivity contribution in [1.82, 2.24) is 15.2 Å². The first kappa shape index (κ1) is 11.8. The van der Waals surface area contributed by atoms with Crippen LogP contribution in [-0.2, 0) is 6.54 Å². The minimum Gasteiger partial charge on any atom is -0.315 e. The maximum Gasteiger partial charge on any atom is 0.304 e. The highest BCUT2D eigenvalue weighted by Gasteiger charge is 2.09. The summed E-state index contributed by atoms with van der Waals surface area (Å²) in [7, 11) is 0. The van der Waals surface area contributed by atoms with Crippen molar-refractivity contribution in [2.24, 2.45) is 0 Å². The van der Waals surface area contributed by atoms with Crippen LogP contribution in [0.3, 0.4) is 0 Å². The number of rotatable bonds is 6. The third-order valence-electron chi connectivity index (χ3n) is 2.91. The molecule has 1 aliphatic heterocycles. The normalized spacial score (nSPS) is 17.0. The van der Waals surface area contributed by atoms with Crippen molar-refractivity contribution in [2.45, 2.75) is 25.8 Å². The second-order valence-corrected chi connectivity index (χ2v) is 5.09. The monoisotopic (exact) mass is 241 g/mol. The Kier molecular flexibility index (Phi) is 4.56. The van der Waals surface area contributed by atoms with E-state index < -0.39 is 0 Å². The molecule has 0 radical (unpaired) electrons. The molecule has 1 aliphatic rings. The Morgan fingerprint density at radius 1 is 1.44 bits per heavy atom. The van der Waals surface area contributed by atoms with Crippen LogP contribution in [0.15, 0.2) is 10.2 Å². The van der Waals surface area contributed by atoms with E-state index in [-0.39, 0.29) is 4.87 Å². The summed E-state index contributed by atoms with van der Waals surface area (Å²) in [6.45, 7) is 5.55. The molecule has 0 saturated carbocycles. The third-order valence-corrected chi connectivity index (χ3v) is 3.63. The standard InChI is InChI=1S/C11H19N3OS/c15-11-13-10(9-16-11)8-12-4-3-7-14-5-1-2-6-14/h9,12H,1-8H2,(H,13,15). The second-order valence-electron chi connectivity index (χ2n) is 4.25. The van der Waals surface area contributed by atoms with Gasteiger partial charge in [0.2, 0.25) is 0 Å². The maximum absolute atomic E-state index is 10.9. The zero-order valence-electron chi connectivity index (χ0n) is 9.50. The molecule has 2 N–H and O–H groups in total. The molecular weight excluding hydrogens is 222 g/mol. The van der Waals surface area contributed by atoms with Crippen LogP contribution >= 0.6 is 11.3 Å². The van der Waals surface area contributed by atoms with Gasteiger partial charge < -0.3 is 15.2 Å². The fourth-order valence-electron chi connectivity index (χ4n) is 2.06. The molecule has 0 bridgehead atoms. The van der Waals surface area contributed by atoms with Gasteiger partial charge in [-0.15, -0.1) is 0 Å². The fourth-order valence-corrected chi connectivity index (χ4v) is 2.64. The van der Waals surface area contributed by atoms with Gasteiger partial charge >= 0.3 is 4.87 Å². The summed E-state index contributed by atoms with van der Waals surface area (Å²) in [5.41, 5.74) is 0.996. The van der Waals surface area contributed by atoms with Crippen LogP contribution in [0.5, 0.6) is 0 Å². The number of nitrogens with zero attached hydrogens (tertiary/aromatic N) is 1. The molecule has 0 spiro atoms. The van der Waals surface area contributed by atoms with Gasteiger partial charge in [0.1, 0.15) is 0 Å². The average molecular weight is 241 g/mol. The molecule has 1 saturated heterocycles. The number of H-pyrrole nitrogens is 1. The number of hydrogen-bond donors (Lipinski definition) is 2. The first-order valence-corrected chi connectivity index (χ1v) is 6.82. The molecule has 0 atom stereocenters. The summed E-state index contributed by atoms with van der Waals surface area (Å²) >= 11 is 1.23. The highest BCUT2D eigenvalue weighted by molar-refractivity contribution is 7.07. The Morgan fingerprint density at radius 3 is 2.94 bits per heavy atom. The lowest BCUT2D eigenvalue weighted by molar-refractivity contribution is 0.331. The van der Waals surface area contributed by atoms with Crippen LogP contribution in [0.1, 0.15) is 25.0 Å². The number of thiazole rings is 1. The summed E-state index contributed by atoms with van der Waals surface area (Å²) < 4.78 is 0. The Bertz CT molecular complexity index is 354. The van der Waals surface area contributed by atoms with Crippen molar-refractivity contribution in [3.63, 3.8) is 0 Å². The van der Waals surface area contributed by atoms with E-state index in [2.05, 4.69) is 15.2 Å². The van der Waals surface area contributed by atoms with E-state index in [9.17, 15) is 4.79 Å². The van der Waals surface area contributed by atoms with E-state index in [4.69, 9.17) is 0 Å². The van der Waals surface area contributed by atoms with Gasteiger partial charge in [0.15, 0.2) is 0 Å². The molecular formula is C11H19N3OS. The van der Waals surface area contributed by atoms with Crippen LogP contribution in [0.25, 0.3) is 0 Å². The van der Waals surface area contributed by atoms with E-state index in [1.807, 2.05) is 5.38 Å². The molecule has 2 rings (SSSR count). The van der Waals surface area contributed by atoms with Gasteiger partial charge in [-0.3, -0.25) is 4.79 Å². The maximum atomic E-state index is 10.9. The number of nitrogens with one attached hydrogen (secondary N) is 2. The largest absolute Gasteiger partial charge is 0.315 e. The summed E-state index contributed by atoms with van der Waals surface area (Å²) in [6.07, 6.45) is 3.92. The molecule has 1 aromatic rings. The average Bonchev–Trinajstić information content (AvgIpc) is 2.89. The van der Waals surface area contributed by atoms with Crippen LogP contribution in [0.4, 0.5) is 0 Å². The molecule has 90 valence electrons. The van der Waals surface area contributed by atoms with E-state index >= 15 is 0 Å². The second kappa shape index (κ2) is 6.18. The predicted molar refractivity (Wildman–Crippen MR) is 66.9 cm³/mol. The zero-order chi connectivity index (χ0) is 11.2. The highest BCUT2D eigenvalue weighted by Crippen LogP contribution is 2.06. The first-order valence-electron chi connectivity index (χ1n) is 5.94. The molecule has 16 heavy (non-hydrogen) atoms. The molecule has 0 aliphatic carbocycles. The predicted octanol–water partition coefficient (Wildman–Crippen LogP) is 1.01. The molecule has 1 fully saturated rings. The van der Waals surface area contributed by atoms with Gasteiger partial charge in [-0.05, 0) is 45.4 Å². The SMILES string of the molecule is O=c1[nH]c(CNCCCN2CCCC2)cs1. The van der Waals surface area contributed by atoms with E-state index in [1.54, 1.807) is 0 Å². The Hall–Kier alpha value is -0.650. The van der Waals surface area contributed by atoms with Crippen LogP contribution in [0.2, 0.25) is 0 Å². The molecule has 5 heteroatoms. The third kappa shape index (κ3) is 3.73. The lowest BCUT2D eigenvalue weighted by Gasteiger charge is -2.13. The molecule has 0 aromatic carbocycles. The van der Waals surface area contributed by atoms with Crippen LogP contribution in [-0.4, -0.2) is 36.1 Å². The Balaban J connectivity index is 1.53. The molecule has 4 nitrogen and oxygen atoms in total. The van der Waals surface area contributed by atoms with Crippen molar-refractivity contribution in [3.8, 4) is 0 Å². The lowest BCUT2D eigenvalue weighted by atomic mass is 10.3. The van der Waals surface area contributed by atoms with Crippen molar-refractivity contribution in [3.05, 3.63) is 20.7 Å². The fraction of sp³-hybridized carbons (Fsp3) is 0.727. The summed E-state index contributed by atoms with van der Waals surface area (Å²) in [5, 5.41) is 5.23. The number of hydrogen-bond acceptors (Lipinski definition) is 4. The number of aromatic nitrogens is 1. The molecule has 1 aromatic heterocycles. The highest BCUT2D eigenvalue weighted by atomic mass is 32.1. The van der Waals surface area contributed by atoms with Crippen LogP contribution in [0, 0.1) is 0 Å². The summed E-state index contributed by atoms with van der Waals surface area (Å²) in [6, 6.07) is 0. The van der Waals surface area contributed by atoms with Gasteiger partial charge in [0, 0.05) is 17.6 Å². The van der Waals surface area contributed by atoms with Crippen molar-refractivity contribution in [1.29, 1.82) is 0 Å². The van der Waals surface area contributed by atoms with Crippen molar-refractivity contribution >= 4 is 11.3 Å². The van der Waals surface area contributed by atoms with Crippen molar-refractivity contribution in [2.75, 3.05) is 26.2 Å². The summed E-state index contributed by atoms with van der Waals surface area (Å²) in [4.78, 5) is 16.2. The molecule has 0 unspecified atom stereocenters. The molecule has 2 heterocycles. The number of likely N-dealkylation sites (tertiary alicyclic amines) is 1. The number of aromatic amines is 1. The zero-order valence-corrected chi connectivity index (χ0v) is 10.3. The lowest BCUT2D eigenvalue weighted by Crippen LogP contribution is -2.24. The van der Waals surface area contributed by atoms with Gasteiger partial charge in [-0.2, -0.15) is 0 Å². The van der Waals surface area contributed by atoms with Gasteiger partial charge in [-0.1, -0.05) is 11.3 Å². The van der Waals surface area contributed by atoms with Gasteiger partial charge in [-0.25, -0.2) is 0 Å². The molecule has 0 amide bonds. The summed E-state index contributed by atoms with van der Waals surface area (Å²) in [5.74, 6) is 0. The minimum absolute atomic E-state index is 0.0360. The van der Waals surface area contributed by atoms with E-state index in [0.29, 0.717) is 0 Å².